The van der Waals surface area contributed by atoms with E-state index in [0.717, 1.165) is 0 Å². The first-order chi connectivity index (χ1) is 10.9. The molecule has 0 unspecified atom stereocenters. The summed E-state index contributed by atoms with van der Waals surface area (Å²) in [7, 11) is 0. The van der Waals surface area contributed by atoms with E-state index in [1.54, 1.807) is 18.2 Å². The van der Waals surface area contributed by atoms with Crippen LogP contribution in [0.3, 0.4) is 0 Å². The number of amides is 2. The van der Waals surface area contributed by atoms with Crippen LogP contribution >= 0.6 is 11.6 Å². The van der Waals surface area contributed by atoms with Gasteiger partial charge in [-0.3, -0.25) is 19.7 Å². The van der Waals surface area contributed by atoms with Gasteiger partial charge < -0.3 is 10.6 Å². The summed E-state index contributed by atoms with van der Waals surface area (Å²) in [4.78, 5) is 33.6. The van der Waals surface area contributed by atoms with Crippen LogP contribution in [0, 0.1) is 10.1 Å². The SMILES string of the molecule is CC(=O)Nc1cccc(NC(=O)c2cc(Cl)ccc2[N+](=O)[O-])c1. The van der Waals surface area contributed by atoms with Crippen LogP contribution in [0.15, 0.2) is 42.5 Å². The van der Waals surface area contributed by atoms with Gasteiger partial charge in [0.1, 0.15) is 5.56 Å². The predicted molar refractivity (Wildman–Crippen MR) is 86.8 cm³/mol. The highest BCUT2D eigenvalue weighted by atomic mass is 35.5. The van der Waals surface area contributed by atoms with Crippen molar-refractivity contribution in [2.75, 3.05) is 10.6 Å². The molecule has 0 aliphatic heterocycles. The zero-order valence-electron chi connectivity index (χ0n) is 12.0. The number of anilines is 2. The molecule has 2 rings (SSSR count). The molecule has 2 amide bonds. The van der Waals surface area contributed by atoms with Crippen molar-refractivity contribution in [2.45, 2.75) is 6.92 Å². The second-order valence-electron chi connectivity index (χ2n) is 4.63. The van der Waals surface area contributed by atoms with Crippen LogP contribution < -0.4 is 10.6 Å². The third-order valence-electron chi connectivity index (χ3n) is 2.84. The van der Waals surface area contributed by atoms with Crippen molar-refractivity contribution in [3.8, 4) is 0 Å². The molecule has 0 saturated heterocycles. The number of hydrogen-bond acceptors (Lipinski definition) is 4. The minimum Gasteiger partial charge on any atom is -0.326 e. The van der Waals surface area contributed by atoms with Crippen molar-refractivity contribution in [1.29, 1.82) is 0 Å². The van der Waals surface area contributed by atoms with Crippen molar-refractivity contribution < 1.29 is 14.5 Å². The Morgan fingerprint density at radius 3 is 2.35 bits per heavy atom. The van der Waals surface area contributed by atoms with Crippen LogP contribution in [0.5, 0.6) is 0 Å². The lowest BCUT2D eigenvalue weighted by Gasteiger charge is -2.08. The van der Waals surface area contributed by atoms with Gasteiger partial charge in [-0.2, -0.15) is 0 Å². The van der Waals surface area contributed by atoms with Crippen molar-refractivity contribution in [1.82, 2.24) is 0 Å². The molecule has 0 atom stereocenters. The molecule has 0 heterocycles. The summed E-state index contributed by atoms with van der Waals surface area (Å²) in [6, 6.07) is 10.2. The molecule has 0 bridgehead atoms. The van der Waals surface area contributed by atoms with E-state index in [4.69, 9.17) is 11.6 Å². The third-order valence-corrected chi connectivity index (χ3v) is 3.08. The molecule has 2 aromatic rings. The van der Waals surface area contributed by atoms with Gasteiger partial charge in [-0.15, -0.1) is 0 Å². The first kappa shape index (κ1) is 16.4. The maximum atomic E-state index is 12.3. The molecule has 2 aromatic carbocycles. The molecule has 0 radical (unpaired) electrons. The number of nitrogens with one attached hydrogen (secondary N) is 2. The van der Waals surface area contributed by atoms with Crippen molar-refractivity contribution in [3.63, 3.8) is 0 Å². The van der Waals surface area contributed by atoms with Gasteiger partial charge in [0, 0.05) is 29.4 Å². The summed E-state index contributed by atoms with van der Waals surface area (Å²) in [6.07, 6.45) is 0. The summed E-state index contributed by atoms with van der Waals surface area (Å²) in [5.41, 5.74) is 0.392. The van der Waals surface area contributed by atoms with Crippen LogP contribution in [0.2, 0.25) is 5.02 Å². The van der Waals surface area contributed by atoms with E-state index < -0.39 is 10.8 Å². The Bertz CT molecular complexity index is 792. The van der Waals surface area contributed by atoms with Crippen LogP contribution in [-0.4, -0.2) is 16.7 Å². The Morgan fingerprint density at radius 1 is 1.09 bits per heavy atom. The fourth-order valence-corrected chi connectivity index (χ4v) is 2.10. The minimum absolute atomic E-state index is 0.146. The quantitative estimate of drug-likeness (QED) is 0.660. The molecule has 23 heavy (non-hydrogen) atoms. The average molecular weight is 334 g/mol. The highest BCUT2D eigenvalue weighted by Gasteiger charge is 2.20. The van der Waals surface area contributed by atoms with Gasteiger partial charge in [0.25, 0.3) is 11.6 Å². The molecule has 0 aliphatic rings. The predicted octanol–water partition coefficient (Wildman–Crippen LogP) is 3.46. The maximum absolute atomic E-state index is 12.3. The molecule has 2 N–H and O–H groups in total. The van der Waals surface area contributed by atoms with Gasteiger partial charge in [-0.1, -0.05) is 17.7 Å². The van der Waals surface area contributed by atoms with Crippen LogP contribution in [-0.2, 0) is 4.79 Å². The summed E-state index contributed by atoms with van der Waals surface area (Å²) in [6.45, 7) is 1.36. The number of nitro groups is 1. The highest BCUT2D eigenvalue weighted by Crippen LogP contribution is 2.24. The second kappa shape index (κ2) is 6.89. The van der Waals surface area contributed by atoms with E-state index in [1.807, 2.05) is 0 Å². The lowest BCUT2D eigenvalue weighted by atomic mass is 10.1. The zero-order chi connectivity index (χ0) is 17.0. The number of hydrogen-bond donors (Lipinski definition) is 2. The van der Waals surface area contributed by atoms with E-state index in [2.05, 4.69) is 10.6 Å². The van der Waals surface area contributed by atoms with Crippen LogP contribution in [0.25, 0.3) is 0 Å². The van der Waals surface area contributed by atoms with Gasteiger partial charge in [-0.05, 0) is 30.3 Å². The third kappa shape index (κ3) is 4.27. The fraction of sp³-hybridized carbons (Fsp3) is 0.0667. The number of benzene rings is 2. The Morgan fingerprint density at radius 2 is 1.74 bits per heavy atom. The minimum atomic E-state index is -0.667. The van der Waals surface area contributed by atoms with E-state index >= 15 is 0 Å². The monoisotopic (exact) mass is 333 g/mol. The molecule has 0 aromatic heterocycles. The van der Waals surface area contributed by atoms with Gasteiger partial charge in [0.15, 0.2) is 0 Å². The summed E-state index contributed by atoms with van der Waals surface area (Å²) < 4.78 is 0. The van der Waals surface area contributed by atoms with E-state index in [0.29, 0.717) is 11.4 Å². The number of carbonyl (C=O) groups excluding carboxylic acids is 2. The summed E-state index contributed by atoms with van der Waals surface area (Å²) in [5.74, 6) is -0.918. The largest absolute Gasteiger partial charge is 0.326 e. The molecule has 8 heteroatoms. The van der Waals surface area contributed by atoms with E-state index in [-0.39, 0.29) is 22.2 Å². The lowest BCUT2D eigenvalue weighted by molar-refractivity contribution is -0.385. The molecule has 0 spiro atoms. The zero-order valence-corrected chi connectivity index (χ0v) is 12.8. The van der Waals surface area contributed by atoms with Crippen molar-refractivity contribution in [2.24, 2.45) is 0 Å². The first-order valence-corrected chi connectivity index (χ1v) is 6.87. The normalized spacial score (nSPS) is 10.0. The topological polar surface area (TPSA) is 101 Å². The number of halogens is 1. The lowest BCUT2D eigenvalue weighted by Crippen LogP contribution is -2.14. The number of nitro benzene ring substituents is 1. The Kier molecular flexibility index (Phi) is 4.92. The number of carbonyl (C=O) groups is 2. The Balaban J connectivity index is 2.27. The van der Waals surface area contributed by atoms with Gasteiger partial charge in [0.2, 0.25) is 5.91 Å². The van der Waals surface area contributed by atoms with Crippen LogP contribution in [0.1, 0.15) is 17.3 Å². The molecule has 0 fully saturated rings. The first-order valence-electron chi connectivity index (χ1n) is 6.50. The molecule has 0 aliphatic carbocycles. The van der Waals surface area contributed by atoms with Crippen molar-refractivity contribution >= 4 is 40.5 Å². The van der Waals surface area contributed by atoms with Gasteiger partial charge >= 0.3 is 0 Å². The molecule has 7 nitrogen and oxygen atoms in total. The van der Waals surface area contributed by atoms with E-state index in [1.165, 1.54) is 31.2 Å². The number of rotatable bonds is 4. The summed E-state index contributed by atoms with van der Waals surface area (Å²) >= 11 is 5.80. The standard InChI is InChI=1S/C15H12ClN3O4/c1-9(20)17-11-3-2-4-12(8-11)18-15(21)13-7-10(16)5-6-14(13)19(22)23/h2-8H,1H3,(H,17,20)(H,18,21). The molecule has 118 valence electrons. The summed E-state index contributed by atoms with van der Waals surface area (Å²) in [5, 5.41) is 16.3. The average Bonchev–Trinajstić information content (AvgIpc) is 2.46. The van der Waals surface area contributed by atoms with Crippen LogP contribution in [0.4, 0.5) is 17.1 Å². The van der Waals surface area contributed by atoms with E-state index in [9.17, 15) is 19.7 Å². The fourth-order valence-electron chi connectivity index (χ4n) is 1.93. The smallest absolute Gasteiger partial charge is 0.282 e. The maximum Gasteiger partial charge on any atom is 0.282 e. The molecular formula is C15H12ClN3O4. The second-order valence-corrected chi connectivity index (χ2v) is 5.07. The Hall–Kier alpha value is -2.93. The number of nitrogens with zero attached hydrogens (tertiary/aromatic N) is 1. The highest BCUT2D eigenvalue weighted by molar-refractivity contribution is 6.31. The molecular weight excluding hydrogens is 322 g/mol. The van der Waals surface area contributed by atoms with Crippen molar-refractivity contribution in [3.05, 3.63) is 63.2 Å². The van der Waals surface area contributed by atoms with Gasteiger partial charge in [0.05, 0.1) is 4.92 Å². The molecule has 0 saturated carbocycles. The Labute approximate surface area is 136 Å². The van der Waals surface area contributed by atoms with Gasteiger partial charge in [-0.25, -0.2) is 0 Å².